The van der Waals surface area contributed by atoms with Gasteiger partial charge in [-0.15, -0.1) is 0 Å². The van der Waals surface area contributed by atoms with Gasteiger partial charge in [0.1, 0.15) is 5.76 Å². The molecule has 0 saturated heterocycles. The highest BCUT2D eigenvalue weighted by atomic mass is 16.3. The first-order chi connectivity index (χ1) is 6.77. The standard InChI is InChI=1S/C12H17NO/c1-10(8-11-4-2-7-14-11)12(9-13)5-3-6-12/h2,4,7-8H,3,5-6,9,13H2,1H3/b10-8+. The van der Waals surface area contributed by atoms with Crippen LogP contribution in [0.4, 0.5) is 0 Å². The van der Waals surface area contributed by atoms with Gasteiger partial charge in [-0.1, -0.05) is 12.0 Å². The Morgan fingerprint density at radius 1 is 1.64 bits per heavy atom. The van der Waals surface area contributed by atoms with Crippen LogP contribution in [0.15, 0.2) is 28.4 Å². The molecule has 2 rings (SSSR count). The predicted molar refractivity (Wildman–Crippen MR) is 57.7 cm³/mol. The second-order valence-electron chi connectivity index (χ2n) is 4.18. The zero-order valence-electron chi connectivity index (χ0n) is 8.62. The molecular weight excluding hydrogens is 174 g/mol. The lowest BCUT2D eigenvalue weighted by Gasteiger charge is -2.42. The van der Waals surface area contributed by atoms with Gasteiger partial charge in [0, 0.05) is 12.0 Å². The van der Waals surface area contributed by atoms with Crippen molar-refractivity contribution in [2.45, 2.75) is 26.2 Å². The normalized spacial score (nSPS) is 20.6. The maximum Gasteiger partial charge on any atom is 0.126 e. The van der Waals surface area contributed by atoms with E-state index >= 15 is 0 Å². The average Bonchev–Trinajstić information content (AvgIpc) is 2.55. The third-order valence-electron chi connectivity index (χ3n) is 3.44. The summed E-state index contributed by atoms with van der Waals surface area (Å²) in [6, 6.07) is 3.89. The second-order valence-corrected chi connectivity index (χ2v) is 4.18. The molecular formula is C12H17NO. The summed E-state index contributed by atoms with van der Waals surface area (Å²) >= 11 is 0. The minimum Gasteiger partial charge on any atom is -0.465 e. The molecule has 1 fully saturated rings. The Kier molecular flexibility index (Phi) is 2.46. The molecule has 1 aromatic heterocycles. The van der Waals surface area contributed by atoms with Crippen molar-refractivity contribution in [1.29, 1.82) is 0 Å². The molecule has 1 heterocycles. The van der Waals surface area contributed by atoms with Gasteiger partial charge in [-0.25, -0.2) is 0 Å². The van der Waals surface area contributed by atoms with Crippen molar-refractivity contribution in [1.82, 2.24) is 0 Å². The van der Waals surface area contributed by atoms with Crippen molar-refractivity contribution in [2.24, 2.45) is 11.1 Å². The van der Waals surface area contributed by atoms with Gasteiger partial charge >= 0.3 is 0 Å². The average molecular weight is 191 g/mol. The number of hydrogen-bond acceptors (Lipinski definition) is 2. The van der Waals surface area contributed by atoms with Gasteiger partial charge in [-0.3, -0.25) is 0 Å². The number of hydrogen-bond donors (Lipinski definition) is 1. The first kappa shape index (κ1) is 9.53. The molecule has 2 N–H and O–H groups in total. The fraction of sp³-hybridized carbons (Fsp3) is 0.500. The van der Waals surface area contributed by atoms with Crippen molar-refractivity contribution in [2.75, 3.05) is 6.54 Å². The molecule has 0 amide bonds. The van der Waals surface area contributed by atoms with Crippen LogP contribution in [-0.2, 0) is 0 Å². The Morgan fingerprint density at radius 2 is 2.43 bits per heavy atom. The van der Waals surface area contributed by atoms with E-state index in [1.807, 2.05) is 12.1 Å². The molecule has 0 spiro atoms. The first-order valence-electron chi connectivity index (χ1n) is 5.19. The summed E-state index contributed by atoms with van der Waals surface area (Å²) in [5.41, 5.74) is 7.46. The Bertz CT molecular complexity index is 315. The SMILES string of the molecule is C/C(=C\c1ccco1)C1(CN)CCC1. The van der Waals surface area contributed by atoms with E-state index < -0.39 is 0 Å². The summed E-state index contributed by atoms with van der Waals surface area (Å²) in [6.07, 6.45) is 7.58. The number of furan rings is 1. The van der Waals surface area contributed by atoms with Crippen LogP contribution in [0.5, 0.6) is 0 Å². The molecule has 14 heavy (non-hydrogen) atoms. The van der Waals surface area contributed by atoms with E-state index in [1.165, 1.54) is 24.8 Å². The number of rotatable bonds is 3. The zero-order valence-corrected chi connectivity index (χ0v) is 8.62. The lowest BCUT2D eigenvalue weighted by molar-refractivity contribution is 0.198. The fourth-order valence-corrected chi connectivity index (χ4v) is 2.10. The molecule has 0 aromatic carbocycles. The molecule has 0 unspecified atom stereocenters. The molecule has 1 aliphatic carbocycles. The summed E-state index contributed by atoms with van der Waals surface area (Å²) < 4.78 is 5.30. The van der Waals surface area contributed by atoms with E-state index in [0.717, 1.165) is 12.3 Å². The maximum atomic E-state index is 5.83. The van der Waals surface area contributed by atoms with Crippen LogP contribution in [0.3, 0.4) is 0 Å². The molecule has 2 nitrogen and oxygen atoms in total. The Morgan fingerprint density at radius 3 is 2.86 bits per heavy atom. The van der Waals surface area contributed by atoms with Crippen LogP contribution in [-0.4, -0.2) is 6.54 Å². The molecule has 1 aliphatic rings. The predicted octanol–water partition coefficient (Wildman–Crippen LogP) is 2.81. The fourth-order valence-electron chi connectivity index (χ4n) is 2.10. The quantitative estimate of drug-likeness (QED) is 0.798. The van der Waals surface area contributed by atoms with Crippen LogP contribution < -0.4 is 5.73 Å². The van der Waals surface area contributed by atoms with E-state index in [9.17, 15) is 0 Å². The van der Waals surface area contributed by atoms with E-state index in [1.54, 1.807) is 6.26 Å². The highest BCUT2D eigenvalue weighted by Crippen LogP contribution is 2.46. The van der Waals surface area contributed by atoms with Gasteiger partial charge in [0.15, 0.2) is 0 Å². The second kappa shape index (κ2) is 3.62. The summed E-state index contributed by atoms with van der Waals surface area (Å²) in [6.45, 7) is 2.92. The van der Waals surface area contributed by atoms with Crippen LogP contribution in [0, 0.1) is 5.41 Å². The largest absolute Gasteiger partial charge is 0.465 e. The Labute approximate surface area is 84.8 Å². The van der Waals surface area contributed by atoms with Gasteiger partial charge in [0.05, 0.1) is 6.26 Å². The molecule has 1 aromatic rings. The lowest BCUT2D eigenvalue weighted by atomic mass is 9.64. The monoisotopic (exact) mass is 191 g/mol. The maximum absolute atomic E-state index is 5.83. The Hall–Kier alpha value is -1.02. The van der Waals surface area contributed by atoms with Crippen LogP contribution in [0.2, 0.25) is 0 Å². The summed E-state index contributed by atoms with van der Waals surface area (Å²) in [5.74, 6) is 0.933. The van der Waals surface area contributed by atoms with E-state index in [0.29, 0.717) is 0 Å². The molecule has 1 saturated carbocycles. The number of nitrogens with two attached hydrogens (primary N) is 1. The highest BCUT2D eigenvalue weighted by Gasteiger charge is 2.36. The van der Waals surface area contributed by atoms with Crippen molar-refractivity contribution in [3.8, 4) is 0 Å². The van der Waals surface area contributed by atoms with Crippen LogP contribution >= 0.6 is 0 Å². The van der Waals surface area contributed by atoms with E-state index in [4.69, 9.17) is 10.2 Å². The summed E-state index contributed by atoms with van der Waals surface area (Å²) in [5, 5.41) is 0. The minimum absolute atomic E-state index is 0.271. The van der Waals surface area contributed by atoms with Crippen molar-refractivity contribution < 1.29 is 4.42 Å². The smallest absolute Gasteiger partial charge is 0.126 e. The van der Waals surface area contributed by atoms with Gasteiger partial charge in [0.2, 0.25) is 0 Å². The molecule has 0 radical (unpaired) electrons. The van der Waals surface area contributed by atoms with Gasteiger partial charge in [0.25, 0.3) is 0 Å². The molecule has 76 valence electrons. The lowest BCUT2D eigenvalue weighted by Crippen LogP contribution is -2.38. The molecule has 0 bridgehead atoms. The van der Waals surface area contributed by atoms with Crippen LogP contribution in [0.25, 0.3) is 6.08 Å². The van der Waals surface area contributed by atoms with Gasteiger partial charge < -0.3 is 10.2 Å². The van der Waals surface area contributed by atoms with Crippen LogP contribution in [0.1, 0.15) is 31.9 Å². The topological polar surface area (TPSA) is 39.2 Å². The summed E-state index contributed by atoms with van der Waals surface area (Å²) in [7, 11) is 0. The molecule has 2 heteroatoms. The van der Waals surface area contributed by atoms with Crippen molar-refractivity contribution in [3.05, 3.63) is 29.7 Å². The van der Waals surface area contributed by atoms with E-state index in [2.05, 4.69) is 13.0 Å². The van der Waals surface area contributed by atoms with E-state index in [-0.39, 0.29) is 5.41 Å². The van der Waals surface area contributed by atoms with Crippen molar-refractivity contribution in [3.63, 3.8) is 0 Å². The minimum atomic E-state index is 0.271. The van der Waals surface area contributed by atoms with Gasteiger partial charge in [-0.2, -0.15) is 0 Å². The van der Waals surface area contributed by atoms with Gasteiger partial charge in [-0.05, 0) is 38.0 Å². The third-order valence-corrected chi connectivity index (χ3v) is 3.44. The third kappa shape index (κ3) is 1.50. The highest BCUT2D eigenvalue weighted by molar-refractivity contribution is 5.49. The van der Waals surface area contributed by atoms with Crippen molar-refractivity contribution >= 4 is 6.08 Å². The molecule has 0 aliphatic heterocycles. The molecule has 0 atom stereocenters. The summed E-state index contributed by atoms with van der Waals surface area (Å²) in [4.78, 5) is 0. The first-order valence-corrected chi connectivity index (χ1v) is 5.19. The Balaban J connectivity index is 2.18. The zero-order chi connectivity index (χ0) is 10.0.